The van der Waals surface area contributed by atoms with Gasteiger partial charge in [-0.05, 0) is 74.0 Å². The summed E-state index contributed by atoms with van der Waals surface area (Å²) in [5.74, 6) is 0.0665. The van der Waals surface area contributed by atoms with E-state index in [-0.39, 0.29) is 17.8 Å². The van der Waals surface area contributed by atoms with Crippen molar-refractivity contribution in [1.82, 2.24) is 20.1 Å². The topological polar surface area (TPSA) is 69.0 Å². The lowest BCUT2D eigenvalue weighted by molar-refractivity contribution is 0.0881. The number of rotatable bonds is 7. The zero-order valence-electron chi connectivity index (χ0n) is 19.5. The predicted molar refractivity (Wildman–Crippen MR) is 140 cm³/mol. The Labute approximate surface area is 216 Å². The number of carbonyl (C=O) groups is 1. The van der Waals surface area contributed by atoms with Crippen molar-refractivity contribution in [3.05, 3.63) is 105 Å². The van der Waals surface area contributed by atoms with E-state index in [4.69, 9.17) is 16.3 Å². The molecule has 2 aromatic heterocycles. The van der Waals surface area contributed by atoms with Crippen LogP contribution in [-0.2, 0) is 0 Å². The summed E-state index contributed by atoms with van der Waals surface area (Å²) in [6.07, 6.45) is 2.93. The first kappa shape index (κ1) is 24.0. The molecule has 0 aliphatic rings. The third kappa shape index (κ3) is 5.10. The molecule has 0 spiro atoms. The van der Waals surface area contributed by atoms with Crippen LogP contribution in [-0.4, -0.2) is 26.7 Å². The molecule has 0 radical (unpaired) electrons. The van der Waals surface area contributed by atoms with Gasteiger partial charge in [0.25, 0.3) is 5.91 Å². The molecule has 6 nitrogen and oxygen atoms in total. The van der Waals surface area contributed by atoms with E-state index in [0.717, 1.165) is 27.0 Å². The second kappa shape index (κ2) is 10.1. The lowest BCUT2D eigenvalue weighted by Crippen LogP contribution is -2.39. The van der Waals surface area contributed by atoms with Gasteiger partial charge in [-0.3, -0.25) is 4.79 Å². The third-order valence-electron chi connectivity index (χ3n) is 5.70. The minimum absolute atomic E-state index is 0.251. The van der Waals surface area contributed by atoms with Crippen LogP contribution in [0, 0.1) is 12.7 Å². The molecular weight excluding hydrogens is 499 g/mol. The van der Waals surface area contributed by atoms with E-state index in [9.17, 15) is 9.18 Å². The number of fused-ring (bicyclic) bond motifs is 1. The fourth-order valence-electron chi connectivity index (χ4n) is 3.93. The first-order chi connectivity index (χ1) is 17.4. The Kier molecular flexibility index (Phi) is 6.71. The number of amides is 1. The maximum atomic E-state index is 13.3. The molecule has 0 saturated heterocycles. The summed E-state index contributed by atoms with van der Waals surface area (Å²) in [5, 5.41) is 9.35. The summed E-state index contributed by atoms with van der Waals surface area (Å²) < 4.78 is 21.5. The van der Waals surface area contributed by atoms with Crippen LogP contribution >= 0.6 is 22.9 Å². The monoisotopic (exact) mass is 520 g/mol. The largest absolute Gasteiger partial charge is 0.484 e. The minimum Gasteiger partial charge on any atom is -0.484 e. The minimum atomic E-state index is -0.489. The Morgan fingerprint density at radius 2 is 1.83 bits per heavy atom. The van der Waals surface area contributed by atoms with Crippen LogP contribution in [0.5, 0.6) is 5.75 Å². The number of aryl methyl sites for hydroxylation is 1. The van der Waals surface area contributed by atoms with Gasteiger partial charge in [0.2, 0.25) is 0 Å². The van der Waals surface area contributed by atoms with Crippen molar-refractivity contribution in [2.24, 2.45) is 0 Å². The van der Waals surface area contributed by atoms with Gasteiger partial charge in [0.05, 0.1) is 23.4 Å². The van der Waals surface area contributed by atoms with Crippen LogP contribution in [0.2, 0.25) is 5.02 Å². The molecule has 2 atom stereocenters. The lowest BCUT2D eigenvalue weighted by Gasteiger charge is -2.26. The number of halogens is 2. The van der Waals surface area contributed by atoms with E-state index in [0.29, 0.717) is 15.8 Å². The van der Waals surface area contributed by atoms with Crippen LogP contribution in [0.15, 0.2) is 79.1 Å². The Hall–Kier alpha value is -3.75. The maximum Gasteiger partial charge on any atom is 0.280 e. The van der Waals surface area contributed by atoms with Gasteiger partial charge in [-0.25, -0.2) is 14.1 Å². The van der Waals surface area contributed by atoms with E-state index in [1.807, 2.05) is 44.2 Å². The highest BCUT2D eigenvalue weighted by Gasteiger charge is 2.25. The molecule has 3 aromatic carbocycles. The van der Waals surface area contributed by atoms with Crippen LogP contribution in [0.4, 0.5) is 4.39 Å². The average molecular weight is 521 g/mol. The zero-order chi connectivity index (χ0) is 25.2. The number of nitrogens with zero attached hydrogens (tertiary/aromatic N) is 3. The molecule has 182 valence electrons. The van der Waals surface area contributed by atoms with Gasteiger partial charge in [0, 0.05) is 21.5 Å². The Balaban J connectivity index is 1.42. The second-order valence-corrected chi connectivity index (χ2v) is 10.1. The Morgan fingerprint density at radius 1 is 1.08 bits per heavy atom. The number of thiazole rings is 1. The Morgan fingerprint density at radius 3 is 2.53 bits per heavy atom. The Bertz CT molecular complexity index is 1520. The van der Waals surface area contributed by atoms with Gasteiger partial charge in [-0.1, -0.05) is 23.7 Å². The highest BCUT2D eigenvalue weighted by atomic mass is 35.5. The lowest BCUT2D eigenvalue weighted by atomic mass is 10.0. The first-order valence-electron chi connectivity index (χ1n) is 11.3. The molecule has 36 heavy (non-hydrogen) atoms. The summed E-state index contributed by atoms with van der Waals surface area (Å²) >= 11 is 7.44. The highest BCUT2D eigenvalue weighted by Crippen LogP contribution is 2.30. The van der Waals surface area contributed by atoms with E-state index in [1.165, 1.54) is 23.5 Å². The predicted octanol–water partition coefficient (Wildman–Crippen LogP) is 6.52. The summed E-state index contributed by atoms with van der Waals surface area (Å²) in [7, 11) is 0. The second-order valence-electron chi connectivity index (χ2n) is 8.38. The molecule has 0 aliphatic heterocycles. The van der Waals surface area contributed by atoms with Gasteiger partial charge >= 0.3 is 0 Å². The van der Waals surface area contributed by atoms with Crippen molar-refractivity contribution in [2.75, 3.05) is 0 Å². The molecule has 9 heteroatoms. The SMILES string of the molecule is Cc1cnc(C(=O)N[C@@H](C)[C@@H](Oc2ccc3c(cnn3-c3ccc(F)cc3)c2)c2ccc(Cl)cc2)s1. The molecule has 1 N–H and O–H groups in total. The van der Waals surface area contributed by atoms with Crippen molar-refractivity contribution in [2.45, 2.75) is 26.0 Å². The molecule has 0 saturated carbocycles. The summed E-state index contributed by atoms with van der Waals surface area (Å²) in [6.45, 7) is 3.80. The third-order valence-corrected chi connectivity index (χ3v) is 6.86. The van der Waals surface area contributed by atoms with Crippen molar-refractivity contribution < 1.29 is 13.9 Å². The van der Waals surface area contributed by atoms with Crippen molar-refractivity contribution in [3.8, 4) is 11.4 Å². The summed E-state index contributed by atoms with van der Waals surface area (Å²) in [5.41, 5.74) is 2.48. The smallest absolute Gasteiger partial charge is 0.280 e. The summed E-state index contributed by atoms with van der Waals surface area (Å²) in [6, 6.07) is 18.8. The quantitative estimate of drug-likeness (QED) is 0.265. The molecule has 0 aliphatic carbocycles. The average Bonchev–Trinajstić information content (AvgIpc) is 3.50. The van der Waals surface area contributed by atoms with Gasteiger partial charge in [0.15, 0.2) is 5.01 Å². The number of hydrogen-bond acceptors (Lipinski definition) is 5. The number of benzene rings is 3. The number of nitrogens with one attached hydrogen (secondary N) is 1. The van der Waals surface area contributed by atoms with Crippen molar-refractivity contribution >= 4 is 39.7 Å². The molecule has 5 rings (SSSR count). The van der Waals surface area contributed by atoms with Crippen LogP contribution in [0.1, 0.15) is 33.3 Å². The standard InChI is InChI=1S/C27H22ClFN4O2S/c1-16-14-30-27(36-16)26(34)32-17(2)25(18-3-5-20(28)6-4-18)35-23-11-12-24-19(13-23)15-31-33(24)22-9-7-21(29)8-10-22/h3-15,17,25H,1-2H3,(H,32,34)/t17-,25+/m0/s1. The van der Waals surface area contributed by atoms with Crippen LogP contribution < -0.4 is 10.1 Å². The fraction of sp³-hybridized carbons (Fsp3) is 0.148. The maximum absolute atomic E-state index is 13.3. The highest BCUT2D eigenvalue weighted by molar-refractivity contribution is 7.13. The molecule has 5 aromatic rings. The van der Waals surface area contributed by atoms with Crippen molar-refractivity contribution in [3.63, 3.8) is 0 Å². The molecule has 0 bridgehead atoms. The van der Waals surface area contributed by atoms with Gasteiger partial charge in [-0.2, -0.15) is 5.10 Å². The molecule has 1 amide bonds. The van der Waals surface area contributed by atoms with Crippen molar-refractivity contribution in [1.29, 1.82) is 0 Å². The van der Waals surface area contributed by atoms with Crippen LogP contribution in [0.3, 0.4) is 0 Å². The van der Waals surface area contributed by atoms with Gasteiger partial charge < -0.3 is 10.1 Å². The first-order valence-corrected chi connectivity index (χ1v) is 12.5. The molecule has 0 fully saturated rings. The van der Waals surface area contributed by atoms with E-state index < -0.39 is 6.10 Å². The number of hydrogen-bond donors (Lipinski definition) is 1. The van der Waals surface area contributed by atoms with E-state index in [2.05, 4.69) is 15.4 Å². The normalized spacial score (nSPS) is 12.9. The fourth-order valence-corrected chi connectivity index (χ4v) is 4.73. The number of aromatic nitrogens is 3. The molecule has 2 heterocycles. The summed E-state index contributed by atoms with van der Waals surface area (Å²) in [4.78, 5) is 17.9. The van der Waals surface area contributed by atoms with E-state index in [1.54, 1.807) is 41.3 Å². The van der Waals surface area contributed by atoms with E-state index >= 15 is 0 Å². The molecular formula is C27H22ClFN4O2S. The number of ether oxygens (including phenoxy) is 1. The number of carbonyl (C=O) groups excluding carboxylic acids is 1. The van der Waals surface area contributed by atoms with Gasteiger partial charge in [0.1, 0.15) is 17.7 Å². The van der Waals surface area contributed by atoms with Crippen LogP contribution in [0.25, 0.3) is 16.6 Å². The van der Waals surface area contributed by atoms with Gasteiger partial charge in [-0.15, -0.1) is 11.3 Å². The zero-order valence-corrected chi connectivity index (χ0v) is 21.1. The molecule has 0 unspecified atom stereocenters.